The van der Waals surface area contributed by atoms with Crippen LogP contribution in [-0.2, 0) is 6.54 Å². The first-order valence-electron chi connectivity index (χ1n) is 5.19. The molecular formula is C11H12BrF3N2. The van der Waals surface area contributed by atoms with E-state index in [2.05, 4.69) is 21.2 Å². The van der Waals surface area contributed by atoms with Crippen LogP contribution in [0.5, 0.6) is 0 Å². The van der Waals surface area contributed by atoms with Gasteiger partial charge in [-0.1, -0.05) is 15.9 Å². The number of halogens is 4. The topological polar surface area (TPSA) is 38.0 Å². The monoisotopic (exact) mass is 308 g/mol. The zero-order valence-electron chi connectivity index (χ0n) is 8.94. The van der Waals surface area contributed by atoms with E-state index in [1.807, 2.05) is 0 Å². The van der Waals surface area contributed by atoms with Crippen molar-refractivity contribution in [1.82, 2.24) is 5.32 Å². The molecule has 1 saturated carbocycles. The summed E-state index contributed by atoms with van der Waals surface area (Å²) in [6, 6.07) is 5.14. The number of nitrogen functional groups attached to an aromatic ring is 1. The zero-order valence-corrected chi connectivity index (χ0v) is 10.5. The Labute approximate surface area is 106 Å². The van der Waals surface area contributed by atoms with Crippen LogP contribution < -0.4 is 11.1 Å². The van der Waals surface area contributed by atoms with Crippen molar-refractivity contribution in [2.24, 2.45) is 0 Å². The Bertz CT molecular complexity index is 407. The van der Waals surface area contributed by atoms with E-state index in [1.165, 1.54) is 0 Å². The molecule has 94 valence electrons. The zero-order chi connectivity index (χ0) is 12.7. The number of nitrogens with one attached hydrogen (secondary N) is 1. The minimum Gasteiger partial charge on any atom is -0.399 e. The Kier molecular flexibility index (Phi) is 3.12. The van der Waals surface area contributed by atoms with Crippen molar-refractivity contribution in [3.05, 3.63) is 28.2 Å². The lowest BCUT2D eigenvalue weighted by Gasteiger charge is -2.20. The molecule has 0 unspecified atom stereocenters. The summed E-state index contributed by atoms with van der Waals surface area (Å²) < 4.78 is 38.8. The highest BCUT2D eigenvalue weighted by Gasteiger charge is 2.62. The minimum absolute atomic E-state index is 0.153. The molecule has 0 atom stereocenters. The summed E-state index contributed by atoms with van der Waals surface area (Å²) in [7, 11) is 0. The molecule has 1 fully saturated rings. The Hall–Kier alpha value is -0.750. The van der Waals surface area contributed by atoms with Gasteiger partial charge in [0.1, 0.15) is 5.54 Å². The second-order valence-electron chi connectivity index (χ2n) is 4.33. The van der Waals surface area contributed by atoms with Crippen molar-refractivity contribution in [1.29, 1.82) is 0 Å². The maximum Gasteiger partial charge on any atom is 0.406 e. The predicted molar refractivity (Wildman–Crippen MR) is 63.4 cm³/mol. The third-order valence-corrected chi connectivity index (χ3v) is 3.36. The van der Waals surface area contributed by atoms with Gasteiger partial charge in [-0.2, -0.15) is 13.2 Å². The maximum absolute atomic E-state index is 12.7. The van der Waals surface area contributed by atoms with Crippen LogP contribution in [0.1, 0.15) is 18.4 Å². The average molecular weight is 309 g/mol. The van der Waals surface area contributed by atoms with Crippen LogP contribution in [0.25, 0.3) is 0 Å². The first kappa shape index (κ1) is 12.7. The van der Waals surface area contributed by atoms with E-state index >= 15 is 0 Å². The smallest absolute Gasteiger partial charge is 0.399 e. The normalized spacial score (nSPS) is 18.1. The molecule has 0 bridgehead atoms. The van der Waals surface area contributed by atoms with Crippen molar-refractivity contribution < 1.29 is 13.2 Å². The van der Waals surface area contributed by atoms with Gasteiger partial charge in [0, 0.05) is 16.7 Å². The van der Waals surface area contributed by atoms with E-state index in [0.29, 0.717) is 5.69 Å². The molecule has 0 saturated heterocycles. The summed E-state index contributed by atoms with van der Waals surface area (Å²) >= 11 is 3.26. The van der Waals surface area contributed by atoms with Crippen molar-refractivity contribution in [3.63, 3.8) is 0 Å². The van der Waals surface area contributed by atoms with Gasteiger partial charge in [0.2, 0.25) is 0 Å². The van der Waals surface area contributed by atoms with Crippen molar-refractivity contribution in [2.75, 3.05) is 5.73 Å². The van der Waals surface area contributed by atoms with E-state index in [4.69, 9.17) is 5.73 Å². The van der Waals surface area contributed by atoms with Crippen LogP contribution in [0.2, 0.25) is 0 Å². The lowest BCUT2D eigenvalue weighted by molar-refractivity contribution is -0.166. The average Bonchev–Trinajstić information content (AvgIpc) is 2.92. The standard InChI is InChI=1S/C11H12BrF3N2/c12-8-3-7(4-9(16)5-8)6-17-10(1-2-10)11(13,14)15/h3-5,17H,1-2,6,16H2. The van der Waals surface area contributed by atoms with Crippen LogP contribution in [0, 0.1) is 0 Å². The number of benzene rings is 1. The van der Waals surface area contributed by atoms with Gasteiger partial charge in [0.25, 0.3) is 0 Å². The molecule has 0 heterocycles. The fraction of sp³-hybridized carbons (Fsp3) is 0.455. The summed E-state index contributed by atoms with van der Waals surface area (Å²) in [5.41, 5.74) is 5.22. The maximum atomic E-state index is 12.7. The number of anilines is 1. The van der Waals surface area contributed by atoms with Crippen LogP contribution in [0.15, 0.2) is 22.7 Å². The first-order valence-corrected chi connectivity index (χ1v) is 5.98. The molecule has 17 heavy (non-hydrogen) atoms. The summed E-state index contributed by atoms with van der Waals surface area (Å²) in [5, 5.41) is 2.58. The first-order chi connectivity index (χ1) is 7.82. The molecular weight excluding hydrogens is 297 g/mol. The molecule has 0 aliphatic heterocycles. The van der Waals surface area contributed by atoms with E-state index in [1.54, 1.807) is 18.2 Å². The van der Waals surface area contributed by atoms with Crippen molar-refractivity contribution >= 4 is 21.6 Å². The molecule has 0 radical (unpaired) electrons. The molecule has 3 N–H and O–H groups in total. The Morgan fingerprint density at radius 1 is 1.29 bits per heavy atom. The highest BCUT2D eigenvalue weighted by atomic mass is 79.9. The molecule has 2 rings (SSSR count). The van der Waals surface area contributed by atoms with Gasteiger partial charge in [-0.3, -0.25) is 5.32 Å². The highest BCUT2D eigenvalue weighted by molar-refractivity contribution is 9.10. The van der Waals surface area contributed by atoms with E-state index in [-0.39, 0.29) is 19.4 Å². The molecule has 6 heteroatoms. The molecule has 0 spiro atoms. The third-order valence-electron chi connectivity index (χ3n) is 2.90. The number of hydrogen-bond acceptors (Lipinski definition) is 2. The summed E-state index contributed by atoms with van der Waals surface area (Å²) in [4.78, 5) is 0. The molecule has 1 aliphatic carbocycles. The van der Waals surface area contributed by atoms with Crippen molar-refractivity contribution in [2.45, 2.75) is 31.1 Å². The second-order valence-corrected chi connectivity index (χ2v) is 5.24. The van der Waals surface area contributed by atoms with Gasteiger partial charge in [-0.15, -0.1) is 0 Å². The quantitative estimate of drug-likeness (QED) is 0.842. The minimum atomic E-state index is -4.18. The summed E-state index contributed by atoms with van der Waals surface area (Å²) in [6.45, 7) is 0.170. The number of rotatable bonds is 3. The fourth-order valence-corrected chi connectivity index (χ4v) is 2.29. The van der Waals surface area contributed by atoms with E-state index in [0.717, 1.165) is 10.0 Å². The van der Waals surface area contributed by atoms with Gasteiger partial charge in [0.15, 0.2) is 0 Å². The van der Waals surface area contributed by atoms with Gasteiger partial charge < -0.3 is 5.73 Å². The lowest BCUT2D eigenvalue weighted by Crippen LogP contribution is -2.44. The summed E-state index contributed by atoms with van der Waals surface area (Å²) in [6.07, 6.45) is -3.87. The lowest BCUT2D eigenvalue weighted by atomic mass is 10.1. The van der Waals surface area contributed by atoms with Gasteiger partial charge in [-0.05, 0) is 36.6 Å². The number of alkyl halides is 3. The van der Waals surface area contributed by atoms with Crippen LogP contribution in [-0.4, -0.2) is 11.7 Å². The molecule has 0 amide bonds. The molecule has 0 aromatic heterocycles. The Morgan fingerprint density at radius 2 is 1.94 bits per heavy atom. The largest absolute Gasteiger partial charge is 0.406 e. The molecule has 1 aromatic carbocycles. The molecule has 1 aromatic rings. The van der Waals surface area contributed by atoms with E-state index < -0.39 is 11.7 Å². The van der Waals surface area contributed by atoms with Gasteiger partial charge in [0.05, 0.1) is 0 Å². The molecule has 2 nitrogen and oxygen atoms in total. The van der Waals surface area contributed by atoms with Crippen LogP contribution in [0.4, 0.5) is 18.9 Å². The van der Waals surface area contributed by atoms with Gasteiger partial charge in [-0.25, -0.2) is 0 Å². The SMILES string of the molecule is Nc1cc(Br)cc(CNC2(C(F)(F)F)CC2)c1. The highest BCUT2D eigenvalue weighted by Crippen LogP contribution is 2.49. The van der Waals surface area contributed by atoms with E-state index in [9.17, 15) is 13.2 Å². The fourth-order valence-electron chi connectivity index (χ4n) is 1.73. The number of hydrogen-bond donors (Lipinski definition) is 2. The summed E-state index contributed by atoms with van der Waals surface area (Å²) in [5.74, 6) is 0. The molecule has 1 aliphatic rings. The Balaban J connectivity index is 2.03. The van der Waals surface area contributed by atoms with Crippen LogP contribution >= 0.6 is 15.9 Å². The van der Waals surface area contributed by atoms with Crippen LogP contribution in [0.3, 0.4) is 0 Å². The van der Waals surface area contributed by atoms with Gasteiger partial charge >= 0.3 is 6.18 Å². The number of nitrogens with two attached hydrogens (primary N) is 1. The second kappa shape index (κ2) is 4.17. The Morgan fingerprint density at radius 3 is 2.41 bits per heavy atom. The third kappa shape index (κ3) is 2.74. The van der Waals surface area contributed by atoms with Crippen molar-refractivity contribution in [3.8, 4) is 0 Å². The predicted octanol–water partition coefficient (Wildman–Crippen LogP) is 3.22.